The molecule has 2 aromatic rings. The number of halogens is 3. The molecule has 0 unspecified atom stereocenters. The predicted molar refractivity (Wildman–Crippen MR) is 81.9 cm³/mol. The molecule has 0 saturated carbocycles. The molecule has 0 aliphatic heterocycles. The van der Waals surface area contributed by atoms with Gasteiger partial charge in [0.15, 0.2) is 0 Å². The van der Waals surface area contributed by atoms with Crippen molar-refractivity contribution in [1.29, 1.82) is 0 Å². The number of benzene rings is 1. The van der Waals surface area contributed by atoms with Crippen LogP contribution in [0.25, 0.3) is 0 Å². The molecule has 0 amide bonds. The van der Waals surface area contributed by atoms with Gasteiger partial charge in [0.05, 0.1) is 27.9 Å². The molecule has 0 aliphatic carbocycles. The molecule has 20 heavy (non-hydrogen) atoms. The maximum atomic E-state index is 6.06. The number of ether oxygens (including phenoxy) is 1. The summed E-state index contributed by atoms with van der Waals surface area (Å²) >= 11 is 17.9. The Morgan fingerprint density at radius 3 is 2.65 bits per heavy atom. The van der Waals surface area contributed by atoms with E-state index in [-0.39, 0.29) is 0 Å². The highest BCUT2D eigenvalue weighted by Crippen LogP contribution is 2.34. The average Bonchev–Trinajstić information content (AvgIpc) is 2.86. The first-order valence-electron chi connectivity index (χ1n) is 6.15. The number of nitrogens with one attached hydrogen (secondary N) is 1. The van der Waals surface area contributed by atoms with Gasteiger partial charge in [0.1, 0.15) is 18.1 Å². The third-order valence-corrected chi connectivity index (χ3v) is 3.75. The van der Waals surface area contributed by atoms with E-state index in [1.807, 2.05) is 13.0 Å². The summed E-state index contributed by atoms with van der Waals surface area (Å²) in [7, 11) is 0. The average molecular weight is 335 g/mol. The summed E-state index contributed by atoms with van der Waals surface area (Å²) in [6.07, 6.45) is 1.64. The van der Waals surface area contributed by atoms with Gasteiger partial charge in [-0.3, -0.25) is 0 Å². The molecule has 108 valence electrons. The monoisotopic (exact) mass is 333 g/mol. The molecular weight excluding hydrogens is 321 g/mol. The Kier molecular flexibility index (Phi) is 5.61. The van der Waals surface area contributed by atoms with Gasteiger partial charge in [-0.15, -0.1) is 0 Å². The van der Waals surface area contributed by atoms with Gasteiger partial charge in [-0.25, -0.2) is 0 Å². The molecule has 1 N–H and O–H groups in total. The Morgan fingerprint density at radius 1 is 1.15 bits per heavy atom. The van der Waals surface area contributed by atoms with Crippen LogP contribution in [0.5, 0.6) is 5.75 Å². The van der Waals surface area contributed by atoms with E-state index >= 15 is 0 Å². The van der Waals surface area contributed by atoms with Crippen molar-refractivity contribution in [3.63, 3.8) is 0 Å². The minimum Gasteiger partial charge on any atom is -0.487 e. The summed E-state index contributed by atoms with van der Waals surface area (Å²) in [4.78, 5) is 0. The molecule has 0 atom stereocenters. The highest BCUT2D eigenvalue weighted by atomic mass is 35.5. The second-order valence-electron chi connectivity index (χ2n) is 4.13. The summed E-state index contributed by atoms with van der Waals surface area (Å²) in [5.41, 5.74) is 0.966. The van der Waals surface area contributed by atoms with Crippen molar-refractivity contribution < 1.29 is 9.15 Å². The van der Waals surface area contributed by atoms with E-state index < -0.39 is 0 Å². The number of furan rings is 1. The molecule has 1 heterocycles. The van der Waals surface area contributed by atoms with Crippen LogP contribution in [-0.4, -0.2) is 6.54 Å². The second kappa shape index (κ2) is 7.23. The van der Waals surface area contributed by atoms with E-state index in [2.05, 4.69) is 5.32 Å². The molecular formula is C14H14Cl3NO2. The van der Waals surface area contributed by atoms with Gasteiger partial charge in [-0.05, 0) is 18.7 Å². The molecule has 0 radical (unpaired) electrons. The molecule has 1 aromatic heterocycles. The van der Waals surface area contributed by atoms with Gasteiger partial charge in [0.25, 0.3) is 0 Å². The summed E-state index contributed by atoms with van der Waals surface area (Å²) < 4.78 is 11.1. The molecule has 0 aliphatic rings. The van der Waals surface area contributed by atoms with Crippen molar-refractivity contribution in [2.45, 2.75) is 20.1 Å². The lowest BCUT2D eigenvalue weighted by atomic mass is 10.2. The Labute approximate surface area is 132 Å². The Morgan fingerprint density at radius 2 is 1.90 bits per heavy atom. The van der Waals surface area contributed by atoms with E-state index in [9.17, 15) is 0 Å². The fourth-order valence-electron chi connectivity index (χ4n) is 1.66. The summed E-state index contributed by atoms with van der Waals surface area (Å²) in [6.45, 7) is 3.93. The Balaban J connectivity index is 2.05. The molecule has 0 bridgehead atoms. The van der Waals surface area contributed by atoms with E-state index in [0.29, 0.717) is 34.0 Å². The van der Waals surface area contributed by atoms with Gasteiger partial charge in [-0.1, -0.05) is 41.7 Å². The smallest absolute Gasteiger partial charge is 0.139 e. The first kappa shape index (κ1) is 15.5. The van der Waals surface area contributed by atoms with Crippen LogP contribution in [0.15, 0.2) is 28.9 Å². The number of hydrogen-bond donors (Lipinski definition) is 1. The van der Waals surface area contributed by atoms with Gasteiger partial charge in [-0.2, -0.15) is 0 Å². The van der Waals surface area contributed by atoms with E-state index in [1.54, 1.807) is 18.4 Å². The number of rotatable bonds is 6. The fourth-order valence-corrected chi connectivity index (χ4v) is 2.25. The van der Waals surface area contributed by atoms with Gasteiger partial charge in [0, 0.05) is 11.6 Å². The lowest BCUT2D eigenvalue weighted by Gasteiger charge is -2.09. The fraction of sp³-hybridized carbons (Fsp3) is 0.286. The first-order chi connectivity index (χ1) is 9.61. The lowest BCUT2D eigenvalue weighted by molar-refractivity contribution is 0.301. The Hall–Kier alpha value is -0.870. The predicted octanol–water partition coefficient (Wildman–Crippen LogP) is 4.93. The van der Waals surface area contributed by atoms with Crippen LogP contribution in [0, 0.1) is 0 Å². The van der Waals surface area contributed by atoms with Crippen LogP contribution >= 0.6 is 34.8 Å². The van der Waals surface area contributed by atoms with Crippen molar-refractivity contribution in [1.82, 2.24) is 5.32 Å². The van der Waals surface area contributed by atoms with Crippen molar-refractivity contribution in [2.75, 3.05) is 6.54 Å². The highest BCUT2D eigenvalue weighted by molar-refractivity contribution is 6.43. The van der Waals surface area contributed by atoms with Gasteiger partial charge in [0.2, 0.25) is 0 Å². The standard InChI is InChI=1S/C14H14Cl3NO2/c1-2-18-7-14-9(3-4-19-14)8-20-13-6-11(16)10(15)5-12(13)17/h3-6,18H,2,7-8H2,1H3. The molecule has 2 rings (SSSR count). The van der Waals surface area contributed by atoms with E-state index in [1.165, 1.54) is 0 Å². The minimum atomic E-state index is 0.356. The molecule has 0 fully saturated rings. The second-order valence-corrected chi connectivity index (χ2v) is 5.36. The van der Waals surface area contributed by atoms with E-state index in [4.69, 9.17) is 44.0 Å². The SMILES string of the molecule is CCNCc1occc1COc1cc(Cl)c(Cl)cc1Cl. The first-order valence-corrected chi connectivity index (χ1v) is 7.28. The Bertz CT molecular complexity index is 584. The quantitative estimate of drug-likeness (QED) is 0.761. The third kappa shape index (κ3) is 3.83. The highest BCUT2D eigenvalue weighted by Gasteiger charge is 2.10. The maximum absolute atomic E-state index is 6.06. The largest absolute Gasteiger partial charge is 0.487 e. The summed E-state index contributed by atoms with van der Waals surface area (Å²) in [5, 5.41) is 4.44. The van der Waals surface area contributed by atoms with Crippen LogP contribution in [-0.2, 0) is 13.2 Å². The lowest BCUT2D eigenvalue weighted by Crippen LogP contribution is -2.12. The van der Waals surface area contributed by atoms with Gasteiger partial charge >= 0.3 is 0 Å². The molecule has 0 spiro atoms. The van der Waals surface area contributed by atoms with Crippen LogP contribution in [0.3, 0.4) is 0 Å². The zero-order valence-electron chi connectivity index (χ0n) is 10.9. The summed E-state index contributed by atoms with van der Waals surface area (Å²) in [5.74, 6) is 1.35. The topological polar surface area (TPSA) is 34.4 Å². The maximum Gasteiger partial charge on any atom is 0.139 e. The van der Waals surface area contributed by atoms with Crippen LogP contribution < -0.4 is 10.1 Å². The third-order valence-electron chi connectivity index (χ3n) is 2.73. The van der Waals surface area contributed by atoms with Crippen LogP contribution in [0.1, 0.15) is 18.2 Å². The van der Waals surface area contributed by atoms with Crippen molar-refractivity contribution in [3.8, 4) is 5.75 Å². The van der Waals surface area contributed by atoms with Crippen molar-refractivity contribution in [3.05, 3.63) is 50.9 Å². The minimum absolute atomic E-state index is 0.356. The van der Waals surface area contributed by atoms with Crippen LogP contribution in [0.2, 0.25) is 15.1 Å². The van der Waals surface area contributed by atoms with Crippen molar-refractivity contribution in [2.24, 2.45) is 0 Å². The van der Waals surface area contributed by atoms with Crippen molar-refractivity contribution >= 4 is 34.8 Å². The number of hydrogen-bond acceptors (Lipinski definition) is 3. The molecule has 1 aromatic carbocycles. The van der Waals surface area contributed by atoms with E-state index in [0.717, 1.165) is 17.9 Å². The van der Waals surface area contributed by atoms with Crippen LogP contribution in [0.4, 0.5) is 0 Å². The summed E-state index contributed by atoms with van der Waals surface area (Å²) in [6, 6.07) is 5.05. The molecule has 3 nitrogen and oxygen atoms in total. The normalized spacial score (nSPS) is 10.8. The van der Waals surface area contributed by atoms with Gasteiger partial charge < -0.3 is 14.5 Å². The zero-order chi connectivity index (χ0) is 14.5. The molecule has 6 heteroatoms. The molecule has 0 saturated heterocycles. The zero-order valence-corrected chi connectivity index (χ0v) is 13.1.